The van der Waals surface area contributed by atoms with Gasteiger partial charge in [0.25, 0.3) is 5.97 Å². The Morgan fingerprint density at radius 3 is 2.25 bits per heavy atom. The van der Waals surface area contributed by atoms with Gasteiger partial charge in [0.05, 0.1) is 68.1 Å². The highest BCUT2D eigenvalue weighted by Crippen LogP contribution is 2.47. The fraction of sp³-hybridized carbons (Fsp3) is 0.951. The van der Waals surface area contributed by atoms with Crippen LogP contribution in [-0.2, 0) is 52.3 Å². The summed E-state index contributed by atoms with van der Waals surface area (Å²) in [5.41, 5.74) is -4.69. The van der Waals surface area contributed by atoms with Crippen LogP contribution in [-0.4, -0.2) is 181 Å². The Kier molecular flexibility index (Phi) is 17.2. The van der Waals surface area contributed by atoms with Gasteiger partial charge in [0, 0.05) is 38.0 Å². The van der Waals surface area contributed by atoms with Crippen molar-refractivity contribution in [2.24, 2.45) is 28.8 Å². The Bertz CT molecular complexity index is 1390. The Morgan fingerprint density at radius 1 is 0.966 bits per heavy atom. The highest BCUT2D eigenvalue weighted by atomic mass is 16.9. The number of carbonyl (C=O) groups is 1. The van der Waals surface area contributed by atoms with Crippen LogP contribution in [0.3, 0.4) is 0 Å². The van der Waals surface area contributed by atoms with Crippen molar-refractivity contribution < 1.29 is 77.8 Å². The molecule has 4 fully saturated rings. The first-order valence-electron chi connectivity index (χ1n) is 21.0. The molecule has 4 heterocycles. The molecule has 344 valence electrons. The number of likely N-dealkylation sites (N-methyl/N-ethyl adjacent to an activating group) is 1. The average Bonchev–Trinajstić information content (AvgIpc) is 3.17. The molecule has 4 aliphatic rings. The van der Waals surface area contributed by atoms with E-state index in [2.05, 4.69) is 5.16 Å². The van der Waals surface area contributed by atoms with Crippen LogP contribution in [0.15, 0.2) is 5.16 Å². The van der Waals surface area contributed by atoms with Crippen LogP contribution in [0.2, 0.25) is 0 Å². The van der Waals surface area contributed by atoms with Crippen LogP contribution in [0.4, 0.5) is 0 Å². The SMILES string of the molecule is CC[C@@H]1OC(=O)[C@H]2CO[C@]3(C[C@](C)(OC)[C@H](O)[C@@H](C)O3)O[C@@H]2[C@@H](C)[C@H](O[C@H]2O[C@@H](C)C[C@@H](N(C)C)[C@H]2O)[C@@](C)(O)C[C@H](C)/C(=N\OCOCCOC)[C@@H](C)[C@H](O)[C@@]1(C)O. The second-order valence-electron chi connectivity index (χ2n) is 18.1. The summed E-state index contributed by atoms with van der Waals surface area (Å²) in [5.74, 6) is -6.21. The van der Waals surface area contributed by atoms with Crippen LogP contribution in [0.25, 0.3) is 0 Å². The number of nitrogens with zero attached hydrogens (tertiary/aromatic N) is 2. The Balaban J connectivity index is 1.87. The monoisotopic (exact) mass is 851 g/mol. The van der Waals surface area contributed by atoms with E-state index < -0.39 is 101 Å². The van der Waals surface area contributed by atoms with Crippen molar-refractivity contribution in [3.8, 4) is 0 Å². The van der Waals surface area contributed by atoms with Gasteiger partial charge in [-0.25, -0.2) is 0 Å². The highest BCUT2D eigenvalue weighted by Gasteiger charge is 2.61. The summed E-state index contributed by atoms with van der Waals surface area (Å²) in [6.45, 7) is 15.2. The molecular formula is C41H74N2O16. The predicted octanol–water partition coefficient (Wildman–Crippen LogP) is 1.55. The molecule has 0 aromatic rings. The number of esters is 1. The Morgan fingerprint density at radius 2 is 1.64 bits per heavy atom. The molecule has 5 N–H and O–H groups in total. The van der Waals surface area contributed by atoms with Crippen molar-refractivity contribution in [2.45, 2.75) is 172 Å². The molecule has 0 bridgehead atoms. The fourth-order valence-electron chi connectivity index (χ4n) is 9.39. The van der Waals surface area contributed by atoms with Crippen molar-refractivity contribution in [2.75, 3.05) is 54.9 Å². The molecule has 18 atom stereocenters. The van der Waals surface area contributed by atoms with Gasteiger partial charge < -0.3 is 77.9 Å². The quantitative estimate of drug-likeness (QED) is 0.0861. The zero-order valence-electron chi connectivity index (χ0n) is 37.4. The van der Waals surface area contributed by atoms with E-state index in [9.17, 15) is 30.3 Å². The average molecular weight is 851 g/mol. The molecule has 18 heteroatoms. The van der Waals surface area contributed by atoms with Crippen LogP contribution < -0.4 is 0 Å². The van der Waals surface area contributed by atoms with E-state index in [1.54, 1.807) is 55.6 Å². The molecule has 0 saturated carbocycles. The van der Waals surface area contributed by atoms with E-state index in [0.717, 1.165) is 0 Å². The van der Waals surface area contributed by atoms with Crippen molar-refractivity contribution in [3.05, 3.63) is 0 Å². The second kappa shape index (κ2) is 20.3. The van der Waals surface area contributed by atoms with Crippen LogP contribution in [0.1, 0.15) is 88.0 Å². The van der Waals surface area contributed by atoms with Gasteiger partial charge in [-0.2, -0.15) is 0 Å². The van der Waals surface area contributed by atoms with Crippen molar-refractivity contribution in [1.82, 2.24) is 4.90 Å². The van der Waals surface area contributed by atoms with E-state index in [4.69, 9.17) is 47.5 Å². The van der Waals surface area contributed by atoms with Gasteiger partial charge >= 0.3 is 5.97 Å². The summed E-state index contributed by atoms with van der Waals surface area (Å²) >= 11 is 0. The lowest BCUT2D eigenvalue weighted by atomic mass is 9.73. The van der Waals surface area contributed by atoms with E-state index in [0.29, 0.717) is 13.0 Å². The van der Waals surface area contributed by atoms with Crippen molar-refractivity contribution >= 4 is 11.7 Å². The fourth-order valence-corrected chi connectivity index (χ4v) is 9.39. The molecule has 0 aromatic carbocycles. The number of aliphatic hydroxyl groups is 5. The van der Waals surface area contributed by atoms with Crippen molar-refractivity contribution in [1.29, 1.82) is 0 Å². The molecule has 59 heavy (non-hydrogen) atoms. The van der Waals surface area contributed by atoms with E-state index >= 15 is 0 Å². The molecule has 0 amide bonds. The summed E-state index contributed by atoms with van der Waals surface area (Å²) in [7, 11) is 6.72. The molecule has 4 rings (SSSR count). The van der Waals surface area contributed by atoms with Gasteiger partial charge in [0.2, 0.25) is 6.79 Å². The minimum Gasteiger partial charge on any atom is -0.459 e. The summed E-state index contributed by atoms with van der Waals surface area (Å²) in [5, 5.41) is 63.8. The van der Waals surface area contributed by atoms with E-state index in [1.807, 2.05) is 25.9 Å². The lowest BCUT2D eigenvalue weighted by molar-refractivity contribution is -0.474. The lowest BCUT2D eigenvalue weighted by Gasteiger charge is -2.55. The van der Waals surface area contributed by atoms with E-state index in [1.165, 1.54) is 14.0 Å². The molecule has 18 nitrogen and oxygen atoms in total. The number of fused-ring (bicyclic) bond motifs is 1. The number of methoxy groups -OCH3 is 2. The molecule has 0 aromatic heterocycles. The third kappa shape index (κ3) is 11.1. The smallest absolute Gasteiger partial charge is 0.314 e. The van der Waals surface area contributed by atoms with Gasteiger partial charge in [0.1, 0.15) is 35.4 Å². The maximum absolute atomic E-state index is 14.5. The normalized spacial score (nSPS) is 47.4. The molecule has 4 saturated heterocycles. The number of rotatable bonds is 11. The van der Waals surface area contributed by atoms with Gasteiger partial charge in [-0.1, -0.05) is 32.9 Å². The summed E-state index contributed by atoms with van der Waals surface area (Å²) in [6.07, 6.45) is -9.17. The van der Waals surface area contributed by atoms with Crippen molar-refractivity contribution in [3.63, 3.8) is 0 Å². The molecule has 4 aliphatic heterocycles. The summed E-state index contributed by atoms with van der Waals surface area (Å²) in [6, 6.07) is -0.342. The Labute approximate surface area is 349 Å². The third-order valence-electron chi connectivity index (χ3n) is 12.9. The first kappa shape index (κ1) is 50.0. The number of cyclic esters (lactones) is 1. The zero-order chi connectivity index (χ0) is 44.2. The number of ether oxygens (including phenoxy) is 9. The maximum atomic E-state index is 14.5. The van der Waals surface area contributed by atoms with Gasteiger partial charge in [-0.15, -0.1) is 0 Å². The number of hydrogen-bond acceptors (Lipinski definition) is 18. The topological polar surface area (TPSA) is 226 Å². The number of oxime groups is 1. The van der Waals surface area contributed by atoms with Crippen LogP contribution in [0, 0.1) is 23.7 Å². The molecule has 1 spiro atoms. The molecule has 0 unspecified atom stereocenters. The number of aliphatic hydroxyl groups excluding tert-OH is 3. The lowest BCUT2D eigenvalue weighted by Crippen LogP contribution is -2.67. The van der Waals surface area contributed by atoms with E-state index in [-0.39, 0.29) is 57.1 Å². The first-order chi connectivity index (χ1) is 27.5. The minimum atomic E-state index is -2.00. The number of carbonyl (C=O) groups excluding carboxylic acids is 1. The second-order valence-corrected chi connectivity index (χ2v) is 18.1. The molecule has 0 radical (unpaired) electrons. The molecule has 0 aliphatic carbocycles. The Hall–Kier alpha value is -1.62. The van der Waals surface area contributed by atoms with Gasteiger partial charge in [-0.05, 0) is 68.0 Å². The largest absolute Gasteiger partial charge is 0.459 e. The van der Waals surface area contributed by atoms with Gasteiger partial charge in [0.15, 0.2) is 6.29 Å². The predicted molar refractivity (Wildman–Crippen MR) is 212 cm³/mol. The van der Waals surface area contributed by atoms with Crippen LogP contribution in [0.5, 0.6) is 0 Å². The number of hydrogen-bond donors (Lipinski definition) is 5. The maximum Gasteiger partial charge on any atom is 0.314 e. The third-order valence-corrected chi connectivity index (χ3v) is 12.9. The standard InChI is InChI=1S/C41H74N2O16/c1-14-29-40(9,49)33(45)24(4)30(42-54-21-52-16-15-50-12)22(2)18-38(7,48)35(57-37-31(44)28(43(10)11)17-23(3)55-37)25(5)32-27(36(47)56-29)19-53-41(59-32)20-39(8,51-13)34(46)26(6)58-41/h22-29,31-35,37,44-46,48-49H,14-21H2,1-13H3/b42-30+/t22-,23-,24+,25+,26+,27-,28+,29-,31+,32+,33-,34+,35-,37+,38-,39-,40-,41-/m0/s1. The summed E-state index contributed by atoms with van der Waals surface area (Å²) in [4.78, 5) is 22.0. The first-order valence-corrected chi connectivity index (χ1v) is 21.0. The van der Waals surface area contributed by atoms with Crippen LogP contribution >= 0.6 is 0 Å². The highest BCUT2D eigenvalue weighted by molar-refractivity contribution is 5.88. The van der Waals surface area contributed by atoms with Gasteiger partial charge in [-0.3, -0.25) is 4.79 Å². The minimum absolute atomic E-state index is 0.0500. The molecular weight excluding hydrogens is 776 g/mol. The summed E-state index contributed by atoms with van der Waals surface area (Å²) < 4.78 is 54.7. The zero-order valence-corrected chi connectivity index (χ0v) is 37.4.